The summed E-state index contributed by atoms with van der Waals surface area (Å²) in [6.07, 6.45) is 0. The van der Waals surface area contributed by atoms with Gasteiger partial charge in [0, 0.05) is 5.56 Å². The first-order valence-electron chi connectivity index (χ1n) is 4.58. The van der Waals surface area contributed by atoms with Gasteiger partial charge in [-0.1, -0.05) is 6.07 Å². The minimum Gasteiger partial charge on any atom is -0.508 e. The molecule has 0 unspecified atom stereocenters. The summed E-state index contributed by atoms with van der Waals surface area (Å²) in [7, 11) is 0. The molecule has 0 saturated heterocycles. The second-order valence-corrected chi connectivity index (χ2v) is 3.39. The monoisotopic (exact) mass is 207 g/mol. The third-order valence-electron chi connectivity index (χ3n) is 1.97. The van der Waals surface area contributed by atoms with Crippen LogP contribution in [0.5, 0.6) is 5.75 Å². The van der Waals surface area contributed by atoms with E-state index in [9.17, 15) is 14.7 Å². The van der Waals surface area contributed by atoms with Crippen LogP contribution in [-0.4, -0.2) is 23.3 Å². The molecular weight excluding hydrogens is 194 g/mol. The van der Waals surface area contributed by atoms with E-state index in [1.54, 1.807) is 19.1 Å². The summed E-state index contributed by atoms with van der Waals surface area (Å²) in [4.78, 5) is 22.1. The Bertz CT molecular complexity index is 399. The van der Waals surface area contributed by atoms with E-state index >= 15 is 0 Å². The highest BCUT2D eigenvalue weighted by atomic mass is 16.3. The minimum absolute atomic E-state index is 0.00741. The normalized spacial score (nSPS) is 9.73. The summed E-state index contributed by atoms with van der Waals surface area (Å²) in [5.41, 5.74) is 1.05. The molecule has 0 atom stereocenters. The molecule has 0 saturated carbocycles. The Morgan fingerprint density at radius 2 is 2.07 bits per heavy atom. The number of nitrogens with one attached hydrogen (secondary N) is 1. The van der Waals surface area contributed by atoms with Gasteiger partial charge in [-0.15, -0.1) is 0 Å². The number of hydrogen-bond acceptors (Lipinski definition) is 3. The average molecular weight is 207 g/mol. The summed E-state index contributed by atoms with van der Waals surface area (Å²) >= 11 is 0. The van der Waals surface area contributed by atoms with Gasteiger partial charge >= 0.3 is 0 Å². The molecule has 2 N–H and O–H groups in total. The number of phenols is 1. The molecule has 80 valence electrons. The van der Waals surface area contributed by atoms with E-state index < -0.39 is 0 Å². The van der Waals surface area contributed by atoms with Crippen molar-refractivity contribution in [3.63, 3.8) is 0 Å². The largest absolute Gasteiger partial charge is 0.508 e. The Labute approximate surface area is 87.9 Å². The van der Waals surface area contributed by atoms with Crippen LogP contribution in [-0.2, 0) is 4.79 Å². The van der Waals surface area contributed by atoms with Gasteiger partial charge in [0.2, 0.25) is 0 Å². The van der Waals surface area contributed by atoms with E-state index in [4.69, 9.17) is 0 Å². The van der Waals surface area contributed by atoms with Crippen LogP contribution in [0.1, 0.15) is 22.8 Å². The minimum atomic E-state index is -0.361. The van der Waals surface area contributed by atoms with Gasteiger partial charge in [0.1, 0.15) is 11.5 Å². The summed E-state index contributed by atoms with van der Waals surface area (Å²) in [6, 6.07) is 4.63. The van der Waals surface area contributed by atoms with Gasteiger partial charge in [-0.25, -0.2) is 0 Å². The van der Waals surface area contributed by atoms with Crippen LogP contribution in [0.4, 0.5) is 0 Å². The zero-order valence-electron chi connectivity index (χ0n) is 8.70. The predicted molar refractivity (Wildman–Crippen MR) is 55.9 cm³/mol. The molecular formula is C11H13NO3. The molecule has 1 rings (SSSR count). The Balaban J connectivity index is 2.74. The number of carbonyl (C=O) groups excluding carboxylic acids is 2. The molecule has 0 radical (unpaired) electrons. The van der Waals surface area contributed by atoms with Crippen LogP contribution in [0.2, 0.25) is 0 Å². The molecule has 4 heteroatoms. The van der Waals surface area contributed by atoms with Crippen molar-refractivity contribution in [1.29, 1.82) is 0 Å². The molecule has 0 aliphatic rings. The number of carbonyl (C=O) groups is 2. The maximum Gasteiger partial charge on any atom is 0.251 e. The van der Waals surface area contributed by atoms with Crippen LogP contribution in [0.3, 0.4) is 0 Å². The van der Waals surface area contributed by atoms with Gasteiger partial charge in [-0.05, 0) is 31.5 Å². The van der Waals surface area contributed by atoms with Crippen molar-refractivity contribution in [1.82, 2.24) is 5.32 Å². The van der Waals surface area contributed by atoms with Crippen LogP contribution in [0.15, 0.2) is 18.2 Å². The van der Waals surface area contributed by atoms with E-state index in [1.807, 2.05) is 0 Å². The summed E-state index contributed by atoms with van der Waals surface area (Å²) < 4.78 is 0. The molecule has 1 aromatic carbocycles. The van der Waals surface area contributed by atoms with E-state index in [2.05, 4.69) is 5.32 Å². The number of phenolic OH excluding ortho intramolecular Hbond substituents is 1. The number of rotatable bonds is 3. The van der Waals surface area contributed by atoms with Gasteiger partial charge in [0.25, 0.3) is 5.91 Å². The van der Waals surface area contributed by atoms with Gasteiger partial charge in [0.15, 0.2) is 0 Å². The first-order valence-corrected chi connectivity index (χ1v) is 4.58. The molecule has 0 aliphatic heterocycles. The maximum absolute atomic E-state index is 11.4. The number of aryl methyl sites for hydroxylation is 1. The topological polar surface area (TPSA) is 66.4 Å². The van der Waals surface area contributed by atoms with Crippen molar-refractivity contribution in [3.8, 4) is 5.75 Å². The first kappa shape index (κ1) is 11.2. The van der Waals surface area contributed by atoms with Crippen LogP contribution < -0.4 is 5.32 Å². The Morgan fingerprint density at radius 1 is 1.40 bits per heavy atom. The Morgan fingerprint density at radius 3 is 2.60 bits per heavy atom. The fourth-order valence-electron chi connectivity index (χ4n) is 1.06. The zero-order valence-corrected chi connectivity index (χ0v) is 8.70. The summed E-state index contributed by atoms with van der Waals surface area (Å²) in [5, 5.41) is 11.8. The fourth-order valence-corrected chi connectivity index (χ4v) is 1.06. The lowest BCUT2D eigenvalue weighted by molar-refractivity contribution is -0.116. The highest BCUT2D eigenvalue weighted by molar-refractivity contribution is 5.96. The number of Topliss-reactive ketones (excluding diaryl/α,β-unsaturated/α-hetero) is 1. The number of amides is 1. The standard InChI is InChI=1S/C11H13NO3/c1-7-3-4-9(5-10(7)14)11(15)12-6-8(2)13/h3-5,14H,6H2,1-2H3,(H,12,15). The van der Waals surface area contributed by atoms with Gasteiger partial charge < -0.3 is 10.4 Å². The Kier molecular flexibility index (Phi) is 3.44. The quantitative estimate of drug-likeness (QED) is 0.777. The number of hydrogen-bond donors (Lipinski definition) is 2. The van der Waals surface area contributed by atoms with Gasteiger partial charge in [-0.3, -0.25) is 9.59 Å². The fraction of sp³-hybridized carbons (Fsp3) is 0.273. The molecule has 0 bridgehead atoms. The lowest BCUT2D eigenvalue weighted by Gasteiger charge is -2.04. The Hall–Kier alpha value is -1.84. The average Bonchev–Trinajstić information content (AvgIpc) is 2.18. The van der Waals surface area contributed by atoms with Crippen molar-refractivity contribution in [2.24, 2.45) is 0 Å². The number of ketones is 1. The first-order chi connectivity index (χ1) is 7.00. The van der Waals surface area contributed by atoms with Gasteiger partial charge in [-0.2, -0.15) is 0 Å². The van der Waals surface area contributed by atoms with Crippen molar-refractivity contribution in [3.05, 3.63) is 29.3 Å². The predicted octanol–water partition coefficient (Wildman–Crippen LogP) is 1.02. The van der Waals surface area contributed by atoms with E-state index in [1.165, 1.54) is 13.0 Å². The van der Waals surface area contributed by atoms with E-state index in [0.29, 0.717) is 11.1 Å². The second kappa shape index (κ2) is 4.59. The van der Waals surface area contributed by atoms with E-state index in [0.717, 1.165) is 0 Å². The third kappa shape index (κ3) is 3.09. The highest BCUT2D eigenvalue weighted by Gasteiger charge is 2.07. The smallest absolute Gasteiger partial charge is 0.251 e. The van der Waals surface area contributed by atoms with Crippen LogP contribution in [0, 0.1) is 6.92 Å². The molecule has 0 aromatic heterocycles. The van der Waals surface area contributed by atoms with Crippen LogP contribution >= 0.6 is 0 Å². The van der Waals surface area contributed by atoms with Crippen LogP contribution in [0.25, 0.3) is 0 Å². The second-order valence-electron chi connectivity index (χ2n) is 3.39. The van der Waals surface area contributed by atoms with Crippen molar-refractivity contribution < 1.29 is 14.7 Å². The summed E-state index contributed by atoms with van der Waals surface area (Å²) in [6.45, 7) is 3.15. The molecule has 1 aromatic rings. The third-order valence-corrected chi connectivity index (χ3v) is 1.97. The molecule has 15 heavy (non-hydrogen) atoms. The molecule has 0 heterocycles. The van der Waals surface area contributed by atoms with Crippen molar-refractivity contribution in [2.75, 3.05) is 6.54 Å². The maximum atomic E-state index is 11.4. The molecule has 4 nitrogen and oxygen atoms in total. The molecule has 0 aliphatic carbocycles. The molecule has 0 spiro atoms. The SMILES string of the molecule is CC(=O)CNC(=O)c1ccc(C)c(O)c1. The molecule has 0 fully saturated rings. The van der Waals surface area contributed by atoms with Gasteiger partial charge in [0.05, 0.1) is 6.54 Å². The lowest BCUT2D eigenvalue weighted by Crippen LogP contribution is -2.28. The lowest BCUT2D eigenvalue weighted by atomic mass is 10.1. The number of aromatic hydroxyl groups is 1. The zero-order chi connectivity index (χ0) is 11.4. The summed E-state index contributed by atoms with van der Waals surface area (Å²) in [5.74, 6) is -0.398. The van der Waals surface area contributed by atoms with Crippen molar-refractivity contribution >= 4 is 11.7 Å². The van der Waals surface area contributed by atoms with E-state index in [-0.39, 0.29) is 24.0 Å². The highest BCUT2D eigenvalue weighted by Crippen LogP contribution is 2.17. The number of benzene rings is 1. The van der Waals surface area contributed by atoms with Crippen molar-refractivity contribution in [2.45, 2.75) is 13.8 Å². The molecule has 1 amide bonds.